The molecule has 0 aliphatic carbocycles. The average molecular weight is 213 g/mol. The zero-order chi connectivity index (χ0) is 10.9. The molecule has 0 spiro atoms. The first-order chi connectivity index (χ1) is 7.33. The van der Waals surface area contributed by atoms with Crippen LogP contribution in [-0.4, -0.2) is 26.4 Å². The second-order valence-electron chi connectivity index (χ2n) is 3.06. The molecule has 1 rings (SSSR count). The van der Waals surface area contributed by atoms with E-state index in [-0.39, 0.29) is 5.82 Å². The van der Waals surface area contributed by atoms with Crippen LogP contribution in [0.3, 0.4) is 0 Å². The summed E-state index contributed by atoms with van der Waals surface area (Å²) in [6.45, 7) is 2.32. The molecule has 0 saturated heterocycles. The molecular formula is C11H16FNO2. The fraction of sp³-hybridized carbons (Fsp3) is 0.455. The molecule has 0 fully saturated rings. The lowest BCUT2D eigenvalue weighted by Gasteiger charge is -2.06. The Kier molecular flexibility index (Phi) is 5.73. The van der Waals surface area contributed by atoms with Crippen molar-refractivity contribution in [2.75, 3.05) is 26.4 Å². The van der Waals surface area contributed by atoms with Crippen molar-refractivity contribution < 1.29 is 13.9 Å². The molecule has 15 heavy (non-hydrogen) atoms. The van der Waals surface area contributed by atoms with Crippen LogP contribution >= 0.6 is 0 Å². The van der Waals surface area contributed by atoms with Crippen LogP contribution in [0.1, 0.15) is 6.42 Å². The molecule has 3 nitrogen and oxygen atoms in total. The number of halogens is 1. The maximum Gasteiger partial charge on any atom is 0.123 e. The van der Waals surface area contributed by atoms with Gasteiger partial charge in [0.15, 0.2) is 0 Å². The van der Waals surface area contributed by atoms with Gasteiger partial charge >= 0.3 is 0 Å². The summed E-state index contributed by atoms with van der Waals surface area (Å²) in [5, 5.41) is 0. The van der Waals surface area contributed by atoms with E-state index in [0.717, 1.165) is 6.42 Å². The van der Waals surface area contributed by atoms with E-state index in [1.165, 1.54) is 12.1 Å². The second kappa shape index (κ2) is 7.20. The minimum absolute atomic E-state index is 0.256. The van der Waals surface area contributed by atoms with Gasteiger partial charge in [0.1, 0.15) is 11.6 Å². The fourth-order valence-corrected chi connectivity index (χ4v) is 1.07. The predicted octanol–water partition coefficient (Wildman–Crippen LogP) is 1.57. The highest BCUT2D eigenvalue weighted by Crippen LogP contribution is 2.10. The van der Waals surface area contributed by atoms with Gasteiger partial charge in [0, 0.05) is 19.6 Å². The lowest BCUT2D eigenvalue weighted by molar-refractivity contribution is 0.126. The van der Waals surface area contributed by atoms with Gasteiger partial charge in [-0.15, -0.1) is 0 Å². The number of ether oxygens (including phenoxy) is 2. The van der Waals surface area contributed by atoms with E-state index in [1.54, 1.807) is 12.1 Å². The van der Waals surface area contributed by atoms with Gasteiger partial charge < -0.3 is 15.2 Å². The number of hydrogen-bond acceptors (Lipinski definition) is 3. The van der Waals surface area contributed by atoms with Gasteiger partial charge in [-0.3, -0.25) is 0 Å². The molecule has 2 N–H and O–H groups in total. The second-order valence-corrected chi connectivity index (χ2v) is 3.06. The predicted molar refractivity (Wildman–Crippen MR) is 56.4 cm³/mol. The van der Waals surface area contributed by atoms with Crippen LogP contribution < -0.4 is 10.5 Å². The highest BCUT2D eigenvalue weighted by molar-refractivity contribution is 5.21. The zero-order valence-electron chi connectivity index (χ0n) is 8.62. The first kappa shape index (κ1) is 11.9. The molecule has 0 heterocycles. The third-order valence-electron chi connectivity index (χ3n) is 1.78. The molecule has 0 saturated carbocycles. The first-order valence-corrected chi connectivity index (χ1v) is 4.99. The van der Waals surface area contributed by atoms with Crippen molar-refractivity contribution >= 4 is 0 Å². The molecule has 0 amide bonds. The number of rotatable bonds is 7. The topological polar surface area (TPSA) is 44.5 Å². The van der Waals surface area contributed by atoms with Gasteiger partial charge in [0.05, 0.1) is 13.2 Å². The van der Waals surface area contributed by atoms with Crippen molar-refractivity contribution in [2.24, 2.45) is 5.73 Å². The van der Waals surface area contributed by atoms with E-state index in [2.05, 4.69) is 0 Å². The molecule has 0 aliphatic heterocycles. The highest BCUT2D eigenvalue weighted by Gasteiger charge is 1.94. The van der Waals surface area contributed by atoms with Crippen molar-refractivity contribution in [1.29, 1.82) is 0 Å². The molecule has 0 bridgehead atoms. The summed E-state index contributed by atoms with van der Waals surface area (Å²) in [5.74, 6) is 0.420. The Morgan fingerprint density at radius 1 is 1.07 bits per heavy atom. The monoisotopic (exact) mass is 213 g/mol. The summed E-state index contributed by atoms with van der Waals surface area (Å²) in [5.41, 5.74) is 5.26. The molecule has 0 unspecified atom stereocenters. The summed E-state index contributed by atoms with van der Waals surface area (Å²) in [6, 6.07) is 5.96. The number of benzene rings is 1. The Bertz CT molecular complexity index is 264. The van der Waals surface area contributed by atoms with Gasteiger partial charge in [0.25, 0.3) is 0 Å². The minimum Gasteiger partial charge on any atom is -0.494 e. The van der Waals surface area contributed by atoms with Crippen LogP contribution in [0, 0.1) is 5.82 Å². The Balaban J connectivity index is 2.07. The number of nitrogens with two attached hydrogens (primary N) is 1. The van der Waals surface area contributed by atoms with Crippen LogP contribution in [0.5, 0.6) is 5.75 Å². The van der Waals surface area contributed by atoms with Gasteiger partial charge in [0.2, 0.25) is 0 Å². The Labute approximate surface area is 89.0 Å². The maximum atomic E-state index is 12.5. The summed E-state index contributed by atoms with van der Waals surface area (Å²) in [4.78, 5) is 0. The van der Waals surface area contributed by atoms with Crippen molar-refractivity contribution in [3.63, 3.8) is 0 Å². The largest absolute Gasteiger partial charge is 0.494 e. The van der Waals surface area contributed by atoms with Crippen molar-refractivity contribution in [3.05, 3.63) is 30.1 Å². The first-order valence-electron chi connectivity index (χ1n) is 4.99. The van der Waals surface area contributed by atoms with Gasteiger partial charge in [-0.05, 0) is 24.3 Å². The SMILES string of the molecule is NCCOCCCOc1ccc(F)cc1. The van der Waals surface area contributed by atoms with E-state index < -0.39 is 0 Å². The van der Waals surface area contributed by atoms with Crippen LogP contribution in [-0.2, 0) is 4.74 Å². The fourth-order valence-electron chi connectivity index (χ4n) is 1.07. The van der Waals surface area contributed by atoms with Gasteiger partial charge in [-0.25, -0.2) is 4.39 Å². The molecule has 1 aromatic rings. The van der Waals surface area contributed by atoms with E-state index in [1.807, 2.05) is 0 Å². The van der Waals surface area contributed by atoms with Crippen LogP contribution in [0.15, 0.2) is 24.3 Å². The highest BCUT2D eigenvalue weighted by atomic mass is 19.1. The Morgan fingerprint density at radius 2 is 1.80 bits per heavy atom. The molecule has 4 heteroatoms. The summed E-state index contributed by atoms with van der Waals surface area (Å²) in [6.07, 6.45) is 0.803. The van der Waals surface area contributed by atoms with Crippen molar-refractivity contribution in [2.45, 2.75) is 6.42 Å². The molecule has 0 atom stereocenters. The molecule has 0 radical (unpaired) electrons. The smallest absolute Gasteiger partial charge is 0.123 e. The van der Waals surface area contributed by atoms with Gasteiger partial charge in [-0.1, -0.05) is 0 Å². The van der Waals surface area contributed by atoms with Crippen LogP contribution in [0.2, 0.25) is 0 Å². The maximum absolute atomic E-state index is 12.5. The van der Waals surface area contributed by atoms with E-state index in [0.29, 0.717) is 32.1 Å². The zero-order valence-corrected chi connectivity index (χ0v) is 8.62. The molecule has 0 aliphatic rings. The Morgan fingerprint density at radius 3 is 2.47 bits per heavy atom. The molecule has 0 aromatic heterocycles. The van der Waals surface area contributed by atoms with Crippen LogP contribution in [0.25, 0.3) is 0 Å². The minimum atomic E-state index is -0.256. The van der Waals surface area contributed by atoms with E-state index in [9.17, 15) is 4.39 Å². The normalized spacial score (nSPS) is 10.3. The van der Waals surface area contributed by atoms with Crippen LogP contribution in [0.4, 0.5) is 4.39 Å². The van der Waals surface area contributed by atoms with E-state index in [4.69, 9.17) is 15.2 Å². The summed E-state index contributed by atoms with van der Waals surface area (Å²) in [7, 11) is 0. The van der Waals surface area contributed by atoms with Gasteiger partial charge in [-0.2, -0.15) is 0 Å². The number of hydrogen-bond donors (Lipinski definition) is 1. The lowest BCUT2D eigenvalue weighted by Crippen LogP contribution is -2.10. The Hall–Kier alpha value is -1.13. The third kappa shape index (κ3) is 5.34. The lowest BCUT2D eigenvalue weighted by atomic mass is 10.3. The quantitative estimate of drug-likeness (QED) is 0.699. The molecule has 84 valence electrons. The third-order valence-corrected chi connectivity index (χ3v) is 1.78. The molecule has 1 aromatic carbocycles. The standard InChI is InChI=1S/C11H16FNO2/c12-10-2-4-11(5-3-10)15-8-1-7-14-9-6-13/h2-5H,1,6-9,13H2. The van der Waals surface area contributed by atoms with E-state index >= 15 is 0 Å². The summed E-state index contributed by atoms with van der Waals surface area (Å²) >= 11 is 0. The average Bonchev–Trinajstić information content (AvgIpc) is 2.26. The van der Waals surface area contributed by atoms with Crippen molar-refractivity contribution in [1.82, 2.24) is 0 Å². The molecular weight excluding hydrogens is 197 g/mol. The summed E-state index contributed by atoms with van der Waals surface area (Å²) < 4.78 is 23.1. The van der Waals surface area contributed by atoms with Crippen molar-refractivity contribution in [3.8, 4) is 5.75 Å².